The lowest BCUT2D eigenvalue weighted by molar-refractivity contribution is 0.0467. The van der Waals surface area contributed by atoms with Gasteiger partial charge in [0.1, 0.15) is 0 Å². The van der Waals surface area contributed by atoms with E-state index in [1.807, 2.05) is 7.05 Å². The maximum absolute atomic E-state index is 6.04. The van der Waals surface area contributed by atoms with E-state index in [2.05, 4.69) is 20.5 Å². The van der Waals surface area contributed by atoms with Crippen LogP contribution in [0.5, 0.6) is 0 Å². The summed E-state index contributed by atoms with van der Waals surface area (Å²) >= 11 is 0. The first kappa shape index (κ1) is 18.0. The Morgan fingerprint density at radius 1 is 1.00 bits per heavy atom. The quantitative estimate of drug-likeness (QED) is 0.339. The highest BCUT2D eigenvalue weighted by Crippen LogP contribution is 2.29. The molecule has 3 fully saturated rings. The van der Waals surface area contributed by atoms with Crippen molar-refractivity contribution in [1.82, 2.24) is 15.5 Å². The Bertz CT molecular complexity index is 381. The third-order valence-corrected chi connectivity index (χ3v) is 5.71. The number of ether oxygens (including phenoxy) is 1. The Morgan fingerprint density at radius 3 is 2.33 bits per heavy atom. The van der Waals surface area contributed by atoms with Crippen LogP contribution in [-0.4, -0.2) is 62.3 Å². The van der Waals surface area contributed by atoms with Crippen molar-refractivity contribution in [2.45, 2.75) is 82.4 Å². The Labute approximate surface area is 147 Å². The van der Waals surface area contributed by atoms with Crippen molar-refractivity contribution in [2.75, 3.05) is 33.3 Å². The molecule has 0 aromatic heterocycles. The van der Waals surface area contributed by atoms with E-state index < -0.39 is 0 Å². The zero-order valence-electron chi connectivity index (χ0n) is 15.4. The second kappa shape index (κ2) is 9.62. The highest BCUT2D eigenvalue weighted by Gasteiger charge is 2.31. The molecule has 2 N–H and O–H groups in total. The van der Waals surface area contributed by atoms with Gasteiger partial charge in [-0.25, -0.2) is 0 Å². The van der Waals surface area contributed by atoms with Gasteiger partial charge >= 0.3 is 0 Å². The van der Waals surface area contributed by atoms with E-state index in [0.717, 1.165) is 25.2 Å². The summed E-state index contributed by atoms with van der Waals surface area (Å²) in [6, 6.07) is 1.47. The molecule has 2 aliphatic carbocycles. The minimum atomic E-state index is 0.482. The van der Waals surface area contributed by atoms with Crippen molar-refractivity contribution < 1.29 is 4.74 Å². The number of likely N-dealkylation sites (tertiary alicyclic amines) is 1. The average molecular weight is 337 g/mol. The molecule has 0 atom stereocenters. The number of aliphatic imine (C=N–C) groups is 1. The lowest BCUT2D eigenvalue weighted by atomic mass is 10.1. The van der Waals surface area contributed by atoms with E-state index in [1.165, 1.54) is 77.3 Å². The highest BCUT2D eigenvalue weighted by atomic mass is 16.5. The molecule has 1 saturated heterocycles. The summed E-state index contributed by atoms with van der Waals surface area (Å²) < 4.78 is 6.04. The average Bonchev–Trinajstić information content (AvgIpc) is 3.45. The van der Waals surface area contributed by atoms with E-state index in [9.17, 15) is 0 Å². The Hall–Kier alpha value is -0.810. The number of nitrogens with zero attached hydrogens (tertiary/aromatic N) is 2. The van der Waals surface area contributed by atoms with Crippen molar-refractivity contribution in [3.8, 4) is 0 Å². The summed E-state index contributed by atoms with van der Waals surface area (Å²) in [7, 11) is 1.86. The molecule has 0 unspecified atom stereocenters. The van der Waals surface area contributed by atoms with E-state index in [4.69, 9.17) is 4.74 Å². The van der Waals surface area contributed by atoms with Gasteiger partial charge in [-0.2, -0.15) is 0 Å². The van der Waals surface area contributed by atoms with Crippen LogP contribution in [-0.2, 0) is 4.74 Å². The molecule has 0 aromatic carbocycles. The monoisotopic (exact) mass is 336 g/mol. The molecule has 2 saturated carbocycles. The first-order chi connectivity index (χ1) is 11.8. The van der Waals surface area contributed by atoms with Gasteiger partial charge in [-0.15, -0.1) is 0 Å². The van der Waals surface area contributed by atoms with Gasteiger partial charge in [0.2, 0.25) is 0 Å². The van der Waals surface area contributed by atoms with E-state index in [0.29, 0.717) is 12.1 Å². The molecule has 1 heterocycles. The minimum Gasteiger partial charge on any atom is -0.376 e. The Morgan fingerprint density at radius 2 is 1.71 bits per heavy atom. The van der Waals surface area contributed by atoms with Crippen LogP contribution < -0.4 is 10.6 Å². The lowest BCUT2D eigenvalue weighted by Crippen LogP contribution is -2.49. The molecule has 1 aliphatic heterocycles. The summed E-state index contributed by atoms with van der Waals surface area (Å²) in [6.45, 7) is 4.11. The molecule has 0 radical (unpaired) electrons. The highest BCUT2D eigenvalue weighted by molar-refractivity contribution is 5.79. The number of hydrogen-bond acceptors (Lipinski definition) is 3. The maximum atomic E-state index is 6.04. The molecule has 3 aliphatic rings. The molecular formula is C19H36N4O. The zero-order chi connectivity index (χ0) is 16.6. The third kappa shape index (κ3) is 5.92. The lowest BCUT2D eigenvalue weighted by Gasteiger charge is -2.33. The molecule has 24 heavy (non-hydrogen) atoms. The molecule has 138 valence electrons. The summed E-state index contributed by atoms with van der Waals surface area (Å²) in [5.74, 6) is 0.935. The van der Waals surface area contributed by atoms with Crippen molar-refractivity contribution in [3.63, 3.8) is 0 Å². The van der Waals surface area contributed by atoms with Crippen LogP contribution in [0.25, 0.3) is 0 Å². The summed E-state index contributed by atoms with van der Waals surface area (Å²) in [5.41, 5.74) is 0. The van der Waals surface area contributed by atoms with Gasteiger partial charge in [-0.1, -0.05) is 25.7 Å². The summed E-state index contributed by atoms with van der Waals surface area (Å²) in [4.78, 5) is 7.03. The van der Waals surface area contributed by atoms with Gasteiger partial charge in [0.15, 0.2) is 5.96 Å². The largest absolute Gasteiger partial charge is 0.376 e. The molecular weight excluding hydrogens is 300 g/mol. The van der Waals surface area contributed by atoms with Gasteiger partial charge in [0.25, 0.3) is 0 Å². The number of hydrogen-bond donors (Lipinski definition) is 2. The van der Waals surface area contributed by atoms with Gasteiger partial charge in [-0.05, 0) is 38.5 Å². The van der Waals surface area contributed by atoms with E-state index in [-0.39, 0.29) is 0 Å². The summed E-state index contributed by atoms with van der Waals surface area (Å²) in [5, 5.41) is 7.01. The second-order valence-corrected chi connectivity index (χ2v) is 7.67. The number of nitrogens with one attached hydrogen (secondary N) is 2. The van der Waals surface area contributed by atoms with Crippen LogP contribution in [0, 0.1) is 0 Å². The Balaban J connectivity index is 1.27. The molecule has 0 bridgehead atoms. The fraction of sp³-hybridized carbons (Fsp3) is 0.947. The third-order valence-electron chi connectivity index (χ3n) is 5.71. The SMILES string of the molecule is CN=C(NCCOC1CCCCCC1)NC1CCN(C2CC2)CC1. The first-order valence-electron chi connectivity index (χ1n) is 10.2. The molecule has 3 rings (SSSR count). The van der Waals surface area contributed by atoms with E-state index in [1.54, 1.807) is 0 Å². The molecule has 5 nitrogen and oxygen atoms in total. The van der Waals surface area contributed by atoms with Crippen molar-refractivity contribution in [2.24, 2.45) is 4.99 Å². The molecule has 0 amide bonds. The van der Waals surface area contributed by atoms with Crippen LogP contribution in [0.2, 0.25) is 0 Å². The van der Waals surface area contributed by atoms with Crippen LogP contribution in [0.3, 0.4) is 0 Å². The predicted molar refractivity (Wildman–Crippen MR) is 99.6 cm³/mol. The van der Waals surface area contributed by atoms with Crippen molar-refractivity contribution >= 4 is 5.96 Å². The van der Waals surface area contributed by atoms with Crippen LogP contribution in [0.15, 0.2) is 4.99 Å². The number of piperidine rings is 1. The molecule has 0 spiro atoms. The van der Waals surface area contributed by atoms with E-state index >= 15 is 0 Å². The van der Waals surface area contributed by atoms with Gasteiger partial charge in [0, 0.05) is 38.8 Å². The minimum absolute atomic E-state index is 0.482. The normalized spacial score (nSPS) is 25.5. The second-order valence-electron chi connectivity index (χ2n) is 7.67. The number of rotatable bonds is 6. The molecule has 5 heteroatoms. The maximum Gasteiger partial charge on any atom is 0.191 e. The van der Waals surface area contributed by atoms with Crippen LogP contribution >= 0.6 is 0 Å². The molecule has 0 aromatic rings. The fourth-order valence-electron chi connectivity index (χ4n) is 4.04. The van der Waals surface area contributed by atoms with Crippen molar-refractivity contribution in [3.05, 3.63) is 0 Å². The van der Waals surface area contributed by atoms with Crippen LogP contribution in [0.1, 0.15) is 64.2 Å². The predicted octanol–water partition coefficient (Wildman–Crippen LogP) is 2.52. The first-order valence-corrected chi connectivity index (χ1v) is 10.2. The smallest absolute Gasteiger partial charge is 0.191 e. The zero-order valence-corrected chi connectivity index (χ0v) is 15.4. The van der Waals surface area contributed by atoms with Crippen LogP contribution in [0.4, 0.5) is 0 Å². The van der Waals surface area contributed by atoms with Crippen molar-refractivity contribution in [1.29, 1.82) is 0 Å². The van der Waals surface area contributed by atoms with Gasteiger partial charge in [0.05, 0.1) is 12.7 Å². The fourth-order valence-corrected chi connectivity index (χ4v) is 4.04. The van der Waals surface area contributed by atoms with Gasteiger partial charge in [-0.3, -0.25) is 4.99 Å². The number of guanidine groups is 1. The standard InChI is InChI=1S/C19H36N4O/c1-20-19(21-12-15-24-18-6-4-2-3-5-7-18)22-16-10-13-23(14-11-16)17-8-9-17/h16-18H,2-15H2,1H3,(H2,20,21,22). The topological polar surface area (TPSA) is 48.9 Å². The van der Waals surface area contributed by atoms with Gasteiger partial charge < -0.3 is 20.3 Å². The summed E-state index contributed by atoms with van der Waals surface area (Å²) in [6.07, 6.45) is 13.7. The Kier molecular flexibility index (Phi) is 7.21.